The second-order valence-corrected chi connectivity index (χ2v) is 12.1. The molecule has 7 heteroatoms. The van der Waals surface area contributed by atoms with Crippen LogP contribution in [0.3, 0.4) is 0 Å². The number of unbranched alkanes of at least 4 members (excludes halogenated alkanes) is 15. The lowest BCUT2D eigenvalue weighted by Crippen LogP contribution is -2.48. The first-order valence-corrected chi connectivity index (χ1v) is 16.7. The second-order valence-electron chi connectivity index (χ2n) is 12.1. The summed E-state index contributed by atoms with van der Waals surface area (Å²) in [5.74, 6) is -1.33. The van der Waals surface area contributed by atoms with Crippen molar-refractivity contribution in [3.63, 3.8) is 0 Å². The molecule has 0 fully saturated rings. The lowest BCUT2D eigenvalue weighted by molar-refractivity contribution is 0.0393. The van der Waals surface area contributed by atoms with E-state index >= 15 is 0 Å². The summed E-state index contributed by atoms with van der Waals surface area (Å²) in [6.07, 6.45) is 20.5. The van der Waals surface area contributed by atoms with Crippen molar-refractivity contribution in [3.05, 3.63) is 70.8 Å². The highest BCUT2D eigenvalue weighted by atomic mass is 16.2. The van der Waals surface area contributed by atoms with Crippen molar-refractivity contribution in [2.45, 2.75) is 110 Å². The molecule has 2 aromatic rings. The van der Waals surface area contributed by atoms with E-state index in [1.165, 1.54) is 93.3 Å². The zero-order valence-corrected chi connectivity index (χ0v) is 26.0. The van der Waals surface area contributed by atoms with Crippen LogP contribution in [0.5, 0.6) is 0 Å². The molecule has 0 unspecified atom stereocenters. The van der Waals surface area contributed by atoms with E-state index in [-0.39, 0.29) is 37.0 Å². The fourth-order valence-electron chi connectivity index (χ4n) is 6.20. The normalized spacial score (nSPS) is 14.4. The molecule has 7 nitrogen and oxygen atoms in total. The third-order valence-corrected chi connectivity index (χ3v) is 8.77. The molecule has 43 heavy (non-hydrogen) atoms. The molecule has 4 rings (SSSR count). The van der Waals surface area contributed by atoms with Gasteiger partial charge in [-0.15, -0.1) is 0 Å². The lowest BCUT2D eigenvalue weighted by Gasteiger charge is -2.29. The Labute approximate surface area is 257 Å². The van der Waals surface area contributed by atoms with Crippen LogP contribution in [-0.4, -0.2) is 58.2 Å². The van der Waals surface area contributed by atoms with E-state index in [0.717, 1.165) is 19.3 Å². The number of hydrogen-bond acceptors (Lipinski definition) is 5. The SMILES string of the molecule is CCCCCCCCCCCCCCCCCCN(CN1C(=O)c2ccccc2C1=O)CN1C(=O)c2ccccc2C1=O. The summed E-state index contributed by atoms with van der Waals surface area (Å²) >= 11 is 0. The van der Waals surface area contributed by atoms with E-state index in [0.29, 0.717) is 28.8 Å². The molecule has 0 atom stereocenters. The van der Waals surface area contributed by atoms with Crippen molar-refractivity contribution in [3.8, 4) is 0 Å². The molecule has 0 radical (unpaired) electrons. The second kappa shape index (κ2) is 17.1. The van der Waals surface area contributed by atoms with Gasteiger partial charge in [-0.3, -0.25) is 33.9 Å². The minimum Gasteiger partial charge on any atom is -0.269 e. The van der Waals surface area contributed by atoms with Crippen LogP contribution in [0.15, 0.2) is 48.5 Å². The zero-order valence-electron chi connectivity index (χ0n) is 26.0. The first-order chi connectivity index (χ1) is 21.0. The van der Waals surface area contributed by atoms with E-state index in [4.69, 9.17) is 0 Å². The summed E-state index contributed by atoms with van der Waals surface area (Å²) in [4.78, 5) is 56.5. The van der Waals surface area contributed by atoms with Gasteiger partial charge in [0, 0.05) is 6.54 Å². The molecule has 2 aromatic carbocycles. The fourth-order valence-corrected chi connectivity index (χ4v) is 6.20. The molecule has 2 aliphatic rings. The molecule has 0 aliphatic carbocycles. The number of fused-ring (bicyclic) bond motifs is 2. The molecule has 0 saturated carbocycles. The molecule has 0 saturated heterocycles. The number of carbonyl (C=O) groups excluding carboxylic acids is 4. The van der Waals surface area contributed by atoms with E-state index in [1.807, 2.05) is 4.90 Å². The number of hydrogen-bond donors (Lipinski definition) is 0. The van der Waals surface area contributed by atoms with Gasteiger partial charge < -0.3 is 0 Å². The Morgan fingerprint density at radius 1 is 0.442 bits per heavy atom. The van der Waals surface area contributed by atoms with Gasteiger partial charge in [-0.05, 0) is 30.7 Å². The van der Waals surface area contributed by atoms with Crippen LogP contribution < -0.4 is 0 Å². The molecule has 2 aliphatic heterocycles. The number of rotatable bonds is 21. The zero-order chi connectivity index (χ0) is 30.4. The van der Waals surface area contributed by atoms with Gasteiger partial charge in [-0.1, -0.05) is 128 Å². The average Bonchev–Trinajstić information content (AvgIpc) is 3.41. The minimum absolute atomic E-state index is 0.0402. The van der Waals surface area contributed by atoms with Gasteiger partial charge in [0.15, 0.2) is 0 Å². The molecule has 0 bridgehead atoms. The van der Waals surface area contributed by atoms with Gasteiger partial charge in [-0.2, -0.15) is 0 Å². The van der Waals surface area contributed by atoms with Crippen molar-refractivity contribution in [2.75, 3.05) is 19.9 Å². The van der Waals surface area contributed by atoms with Crippen molar-refractivity contribution >= 4 is 23.6 Å². The molecular formula is C36H49N3O4. The van der Waals surface area contributed by atoms with Gasteiger partial charge in [0.1, 0.15) is 0 Å². The van der Waals surface area contributed by atoms with Crippen molar-refractivity contribution in [2.24, 2.45) is 0 Å². The van der Waals surface area contributed by atoms with E-state index in [9.17, 15) is 19.2 Å². The largest absolute Gasteiger partial charge is 0.269 e. The average molecular weight is 588 g/mol. The number of nitrogens with zero attached hydrogens (tertiary/aromatic N) is 3. The summed E-state index contributed by atoms with van der Waals surface area (Å²) in [6.45, 7) is 2.93. The van der Waals surface area contributed by atoms with Gasteiger partial charge in [0.05, 0.1) is 35.6 Å². The summed E-state index contributed by atoms with van der Waals surface area (Å²) in [5, 5.41) is 0. The molecule has 4 amide bonds. The summed E-state index contributed by atoms with van der Waals surface area (Å²) in [7, 11) is 0. The third kappa shape index (κ3) is 8.85. The highest BCUT2D eigenvalue weighted by Gasteiger charge is 2.39. The van der Waals surface area contributed by atoms with E-state index < -0.39 is 0 Å². The monoisotopic (exact) mass is 587 g/mol. The van der Waals surface area contributed by atoms with Crippen LogP contribution >= 0.6 is 0 Å². The van der Waals surface area contributed by atoms with Crippen molar-refractivity contribution in [1.82, 2.24) is 14.7 Å². The molecule has 2 heterocycles. The maximum atomic E-state index is 13.0. The molecule has 0 aromatic heterocycles. The number of carbonyl (C=O) groups is 4. The van der Waals surface area contributed by atoms with Crippen LogP contribution in [0, 0.1) is 0 Å². The molecule has 0 N–H and O–H groups in total. The molecular weight excluding hydrogens is 538 g/mol. The lowest BCUT2D eigenvalue weighted by atomic mass is 10.0. The molecule has 0 spiro atoms. The Morgan fingerprint density at radius 3 is 1.02 bits per heavy atom. The summed E-state index contributed by atoms with van der Waals surface area (Å²) in [6, 6.07) is 13.7. The third-order valence-electron chi connectivity index (χ3n) is 8.77. The Kier molecular flexibility index (Phi) is 13.0. The Balaban J connectivity index is 1.19. The van der Waals surface area contributed by atoms with Gasteiger partial charge in [-0.25, -0.2) is 0 Å². The van der Waals surface area contributed by atoms with Crippen molar-refractivity contribution in [1.29, 1.82) is 0 Å². The summed E-state index contributed by atoms with van der Waals surface area (Å²) in [5.41, 5.74) is 1.59. The van der Waals surface area contributed by atoms with Crippen LogP contribution in [-0.2, 0) is 0 Å². The Hall–Kier alpha value is -3.32. The van der Waals surface area contributed by atoms with Gasteiger partial charge in [0.2, 0.25) is 0 Å². The quantitative estimate of drug-likeness (QED) is 0.109. The standard InChI is InChI=1S/C36H49N3O4/c1-2-3-4-5-6-7-8-9-10-11-12-13-14-15-16-21-26-37(27-38-33(40)29-22-17-18-23-30(29)34(38)41)28-39-35(42)31-24-19-20-25-32(31)36(39)43/h17-20,22-25H,2-16,21,26-28H2,1H3. The number of benzene rings is 2. The maximum Gasteiger partial charge on any atom is 0.262 e. The first-order valence-electron chi connectivity index (χ1n) is 16.7. The van der Waals surface area contributed by atoms with Crippen LogP contribution in [0.2, 0.25) is 0 Å². The van der Waals surface area contributed by atoms with Crippen LogP contribution in [0.4, 0.5) is 0 Å². The predicted octanol–water partition coefficient (Wildman–Crippen LogP) is 8.06. The highest BCUT2D eigenvalue weighted by Crippen LogP contribution is 2.25. The number of amides is 4. The van der Waals surface area contributed by atoms with E-state index in [1.54, 1.807) is 48.5 Å². The molecule has 232 valence electrons. The topological polar surface area (TPSA) is 78.0 Å². The Morgan fingerprint density at radius 2 is 0.721 bits per heavy atom. The summed E-state index contributed by atoms with van der Waals surface area (Å²) < 4.78 is 0. The maximum absolute atomic E-state index is 13.0. The van der Waals surface area contributed by atoms with Gasteiger partial charge >= 0.3 is 0 Å². The first kappa shape index (κ1) is 32.6. The Bertz CT molecular complexity index is 1100. The smallest absolute Gasteiger partial charge is 0.262 e. The van der Waals surface area contributed by atoms with Crippen molar-refractivity contribution < 1.29 is 19.2 Å². The minimum atomic E-state index is -0.333. The van der Waals surface area contributed by atoms with Gasteiger partial charge in [0.25, 0.3) is 23.6 Å². The van der Waals surface area contributed by atoms with Crippen LogP contribution in [0.25, 0.3) is 0 Å². The van der Waals surface area contributed by atoms with E-state index in [2.05, 4.69) is 6.92 Å². The highest BCUT2D eigenvalue weighted by molar-refractivity contribution is 6.22. The fraction of sp³-hybridized carbons (Fsp3) is 0.556. The predicted molar refractivity (Wildman–Crippen MR) is 170 cm³/mol. The number of imide groups is 2. The van der Waals surface area contributed by atoms with Crippen LogP contribution in [0.1, 0.15) is 151 Å².